The quantitative estimate of drug-likeness (QED) is 0.389. The Kier molecular flexibility index (Phi) is 5.82. The van der Waals surface area contributed by atoms with Crippen LogP contribution in [0.4, 0.5) is 0 Å². The van der Waals surface area contributed by atoms with Crippen LogP contribution in [0.5, 0.6) is 5.75 Å². The van der Waals surface area contributed by atoms with E-state index >= 15 is 0 Å². The fourth-order valence-corrected chi connectivity index (χ4v) is 3.65. The van der Waals surface area contributed by atoms with Crippen LogP contribution in [0.1, 0.15) is 12.8 Å². The summed E-state index contributed by atoms with van der Waals surface area (Å²) in [6.07, 6.45) is 0. The number of thioether (sulfide) groups is 1. The van der Waals surface area contributed by atoms with Crippen molar-refractivity contribution in [2.45, 2.75) is 17.8 Å². The molecule has 0 saturated heterocycles. The fraction of sp³-hybridized carbons (Fsp3) is 0.200. The number of benzene rings is 2. The summed E-state index contributed by atoms with van der Waals surface area (Å²) < 4.78 is 13.0. The molecule has 0 aliphatic rings. The Morgan fingerprint density at radius 1 is 1.10 bits per heavy atom. The highest BCUT2D eigenvalue weighted by atomic mass is 35.5. The molecule has 2 aromatic heterocycles. The number of hydrogen-bond donors (Lipinski definition) is 0. The Balaban J connectivity index is 1.48. The minimum Gasteiger partial charge on any atom is -0.493 e. The Hall–Kier alpha value is -2.84. The molecule has 0 saturated carbocycles. The van der Waals surface area contributed by atoms with Gasteiger partial charge in [-0.1, -0.05) is 40.7 Å². The van der Waals surface area contributed by atoms with E-state index < -0.39 is 0 Å². The molecule has 148 valence electrons. The summed E-state index contributed by atoms with van der Waals surface area (Å²) in [4.78, 5) is 4.49. The lowest BCUT2D eigenvalue weighted by Gasteiger charge is -2.06. The van der Waals surface area contributed by atoms with Crippen LogP contribution in [-0.4, -0.2) is 31.5 Å². The van der Waals surface area contributed by atoms with Crippen molar-refractivity contribution in [2.24, 2.45) is 7.05 Å². The summed E-state index contributed by atoms with van der Waals surface area (Å²) >= 11 is 7.43. The SMILES string of the molecule is CCOc1ccccc1-c1noc(CSc2nnc(-c3ccc(Cl)cc3)n2C)n1. The summed E-state index contributed by atoms with van der Waals surface area (Å²) in [5.41, 5.74) is 1.75. The Morgan fingerprint density at radius 2 is 1.90 bits per heavy atom. The zero-order valence-electron chi connectivity index (χ0n) is 15.9. The molecule has 0 spiro atoms. The van der Waals surface area contributed by atoms with Gasteiger partial charge in [-0.2, -0.15) is 4.98 Å². The molecular formula is C20H18ClN5O2S. The van der Waals surface area contributed by atoms with Crippen LogP contribution in [0.2, 0.25) is 5.02 Å². The maximum absolute atomic E-state index is 5.96. The highest BCUT2D eigenvalue weighted by Gasteiger charge is 2.16. The number of rotatable bonds is 7. The molecule has 4 aromatic rings. The first kappa shape index (κ1) is 19.5. The van der Waals surface area contributed by atoms with Crippen molar-refractivity contribution in [3.8, 4) is 28.5 Å². The zero-order valence-corrected chi connectivity index (χ0v) is 17.4. The average Bonchev–Trinajstić information content (AvgIpc) is 3.35. The fourth-order valence-electron chi connectivity index (χ4n) is 2.77. The first-order valence-electron chi connectivity index (χ1n) is 8.98. The van der Waals surface area contributed by atoms with Crippen molar-refractivity contribution in [3.05, 3.63) is 59.4 Å². The molecule has 0 N–H and O–H groups in total. The molecule has 7 nitrogen and oxygen atoms in total. The summed E-state index contributed by atoms with van der Waals surface area (Å²) in [6, 6.07) is 15.1. The lowest BCUT2D eigenvalue weighted by atomic mass is 10.2. The number of para-hydroxylation sites is 1. The first-order chi connectivity index (χ1) is 14.2. The van der Waals surface area contributed by atoms with Crippen molar-refractivity contribution >= 4 is 23.4 Å². The van der Waals surface area contributed by atoms with E-state index in [1.54, 1.807) is 0 Å². The van der Waals surface area contributed by atoms with Crippen LogP contribution in [0, 0.1) is 0 Å². The number of nitrogens with zero attached hydrogens (tertiary/aromatic N) is 5. The Labute approximate surface area is 177 Å². The number of halogens is 1. The second-order valence-electron chi connectivity index (χ2n) is 6.10. The highest BCUT2D eigenvalue weighted by Crippen LogP contribution is 2.29. The van der Waals surface area contributed by atoms with E-state index in [1.807, 2.05) is 67.1 Å². The predicted molar refractivity (Wildman–Crippen MR) is 112 cm³/mol. The normalized spacial score (nSPS) is 11.0. The van der Waals surface area contributed by atoms with Gasteiger partial charge in [-0.05, 0) is 43.3 Å². The monoisotopic (exact) mass is 427 g/mol. The molecule has 0 bridgehead atoms. The molecule has 0 aliphatic carbocycles. The summed E-state index contributed by atoms with van der Waals surface area (Å²) in [5.74, 6) is 2.99. The number of ether oxygens (including phenoxy) is 1. The van der Waals surface area contributed by atoms with Crippen molar-refractivity contribution in [2.75, 3.05) is 6.61 Å². The van der Waals surface area contributed by atoms with Gasteiger partial charge in [-0.25, -0.2) is 0 Å². The van der Waals surface area contributed by atoms with E-state index in [1.165, 1.54) is 11.8 Å². The van der Waals surface area contributed by atoms with Gasteiger partial charge in [-0.15, -0.1) is 10.2 Å². The molecule has 9 heteroatoms. The van der Waals surface area contributed by atoms with Gasteiger partial charge < -0.3 is 13.8 Å². The minimum absolute atomic E-state index is 0.483. The smallest absolute Gasteiger partial charge is 0.237 e. The Bertz CT molecular complexity index is 1110. The van der Waals surface area contributed by atoms with Gasteiger partial charge in [0.2, 0.25) is 11.7 Å². The minimum atomic E-state index is 0.483. The maximum atomic E-state index is 5.96. The standard InChI is InChI=1S/C20H18ClN5O2S/c1-3-27-16-7-5-4-6-15(16)18-22-17(28-25-18)12-29-20-24-23-19(26(20)2)13-8-10-14(21)11-9-13/h4-11H,3,12H2,1-2H3. The van der Waals surface area contributed by atoms with Crippen LogP contribution in [-0.2, 0) is 12.8 Å². The molecule has 0 amide bonds. The van der Waals surface area contributed by atoms with Gasteiger partial charge in [0.1, 0.15) is 5.75 Å². The lowest BCUT2D eigenvalue weighted by molar-refractivity contribution is 0.341. The molecule has 4 rings (SSSR count). The molecule has 2 aromatic carbocycles. The van der Waals surface area contributed by atoms with Crippen LogP contribution >= 0.6 is 23.4 Å². The van der Waals surface area contributed by atoms with Crippen molar-refractivity contribution < 1.29 is 9.26 Å². The summed E-state index contributed by atoms with van der Waals surface area (Å²) in [7, 11) is 1.92. The molecular weight excluding hydrogens is 410 g/mol. The van der Waals surface area contributed by atoms with E-state index in [4.69, 9.17) is 20.9 Å². The van der Waals surface area contributed by atoms with Gasteiger partial charge >= 0.3 is 0 Å². The second-order valence-corrected chi connectivity index (χ2v) is 7.48. The molecule has 0 unspecified atom stereocenters. The van der Waals surface area contributed by atoms with Crippen LogP contribution in [0.15, 0.2) is 58.2 Å². The van der Waals surface area contributed by atoms with Crippen LogP contribution in [0.3, 0.4) is 0 Å². The largest absolute Gasteiger partial charge is 0.493 e. The summed E-state index contributed by atoms with van der Waals surface area (Å²) in [5, 5.41) is 14.1. The molecule has 0 atom stereocenters. The molecule has 0 fully saturated rings. The van der Waals surface area contributed by atoms with E-state index in [0.29, 0.717) is 29.1 Å². The average molecular weight is 428 g/mol. The van der Waals surface area contributed by atoms with Crippen molar-refractivity contribution in [1.29, 1.82) is 0 Å². The highest BCUT2D eigenvalue weighted by molar-refractivity contribution is 7.98. The van der Waals surface area contributed by atoms with E-state index in [-0.39, 0.29) is 0 Å². The third-order valence-electron chi connectivity index (χ3n) is 4.16. The first-order valence-corrected chi connectivity index (χ1v) is 10.3. The van der Waals surface area contributed by atoms with Gasteiger partial charge in [0, 0.05) is 17.6 Å². The maximum Gasteiger partial charge on any atom is 0.237 e. The Morgan fingerprint density at radius 3 is 2.69 bits per heavy atom. The zero-order chi connectivity index (χ0) is 20.2. The molecule has 29 heavy (non-hydrogen) atoms. The van der Waals surface area contributed by atoms with Gasteiger partial charge in [0.05, 0.1) is 17.9 Å². The third kappa shape index (κ3) is 4.28. The number of aromatic nitrogens is 5. The van der Waals surface area contributed by atoms with Crippen LogP contribution < -0.4 is 4.74 Å². The number of hydrogen-bond acceptors (Lipinski definition) is 7. The van der Waals surface area contributed by atoms with Crippen molar-refractivity contribution in [3.63, 3.8) is 0 Å². The van der Waals surface area contributed by atoms with Gasteiger partial charge in [0.25, 0.3) is 0 Å². The lowest BCUT2D eigenvalue weighted by Crippen LogP contribution is -1.95. The third-order valence-corrected chi connectivity index (χ3v) is 5.41. The second kappa shape index (κ2) is 8.67. The van der Waals surface area contributed by atoms with E-state index in [9.17, 15) is 0 Å². The van der Waals surface area contributed by atoms with Crippen LogP contribution in [0.25, 0.3) is 22.8 Å². The van der Waals surface area contributed by atoms with Gasteiger partial charge in [0.15, 0.2) is 11.0 Å². The molecule has 0 radical (unpaired) electrons. The van der Waals surface area contributed by atoms with E-state index in [2.05, 4.69) is 20.3 Å². The molecule has 0 aliphatic heterocycles. The predicted octanol–water partition coefficient (Wildman–Crippen LogP) is 4.88. The van der Waals surface area contributed by atoms with E-state index in [0.717, 1.165) is 27.9 Å². The van der Waals surface area contributed by atoms with Gasteiger partial charge in [-0.3, -0.25) is 0 Å². The topological polar surface area (TPSA) is 78.9 Å². The summed E-state index contributed by atoms with van der Waals surface area (Å²) in [6.45, 7) is 2.51. The molecule has 2 heterocycles. The van der Waals surface area contributed by atoms with Crippen molar-refractivity contribution in [1.82, 2.24) is 24.9 Å².